The Balaban J connectivity index is 1.64. The molecule has 0 N–H and O–H groups in total. The summed E-state index contributed by atoms with van der Waals surface area (Å²) in [5, 5.41) is 0. The van der Waals surface area contributed by atoms with Gasteiger partial charge in [-0.3, -0.25) is 9.59 Å². The monoisotopic (exact) mass is 282 g/mol. The van der Waals surface area contributed by atoms with Crippen LogP contribution in [0.3, 0.4) is 0 Å². The van der Waals surface area contributed by atoms with Gasteiger partial charge in [-0.2, -0.15) is 0 Å². The van der Waals surface area contributed by atoms with Crippen LogP contribution in [0.1, 0.15) is 51.4 Å². The zero-order valence-corrected chi connectivity index (χ0v) is 12.3. The maximum absolute atomic E-state index is 11.8. The number of carbonyl (C=O) groups excluding carboxylic acids is 2. The summed E-state index contributed by atoms with van der Waals surface area (Å²) in [4.78, 5) is 27.3. The van der Waals surface area contributed by atoms with Crippen molar-refractivity contribution in [2.75, 3.05) is 33.0 Å². The SMILES string of the molecule is O=C1CCCCCN1CCOCN1CCCCCC1=O. The highest BCUT2D eigenvalue weighted by Gasteiger charge is 2.18. The van der Waals surface area contributed by atoms with Gasteiger partial charge in [0.05, 0.1) is 6.61 Å². The molecule has 2 rings (SSSR count). The van der Waals surface area contributed by atoms with Crippen molar-refractivity contribution in [3.05, 3.63) is 0 Å². The van der Waals surface area contributed by atoms with Crippen LogP contribution in [-0.4, -0.2) is 54.6 Å². The van der Waals surface area contributed by atoms with Crippen molar-refractivity contribution in [2.45, 2.75) is 51.4 Å². The van der Waals surface area contributed by atoms with Gasteiger partial charge in [0.1, 0.15) is 6.73 Å². The largest absolute Gasteiger partial charge is 0.359 e. The minimum atomic E-state index is 0.202. The zero-order chi connectivity index (χ0) is 14.2. The highest BCUT2D eigenvalue weighted by molar-refractivity contribution is 5.76. The number of hydrogen-bond donors (Lipinski definition) is 0. The fourth-order valence-electron chi connectivity index (χ4n) is 2.80. The third-order valence-corrected chi connectivity index (χ3v) is 4.10. The Hall–Kier alpha value is -1.10. The third-order valence-electron chi connectivity index (χ3n) is 4.10. The zero-order valence-electron chi connectivity index (χ0n) is 12.3. The Morgan fingerprint density at radius 3 is 2.10 bits per heavy atom. The third kappa shape index (κ3) is 4.78. The molecule has 2 aliphatic rings. The summed E-state index contributed by atoms with van der Waals surface area (Å²) >= 11 is 0. The van der Waals surface area contributed by atoms with Gasteiger partial charge in [0.25, 0.3) is 0 Å². The van der Waals surface area contributed by atoms with Crippen LogP contribution in [-0.2, 0) is 14.3 Å². The molecule has 114 valence electrons. The fourth-order valence-corrected chi connectivity index (χ4v) is 2.80. The van der Waals surface area contributed by atoms with E-state index in [-0.39, 0.29) is 11.8 Å². The average molecular weight is 282 g/mol. The second kappa shape index (κ2) is 8.25. The van der Waals surface area contributed by atoms with Crippen molar-refractivity contribution in [1.82, 2.24) is 9.80 Å². The molecule has 0 radical (unpaired) electrons. The molecule has 20 heavy (non-hydrogen) atoms. The van der Waals surface area contributed by atoms with Crippen molar-refractivity contribution >= 4 is 11.8 Å². The van der Waals surface area contributed by atoms with E-state index >= 15 is 0 Å². The van der Waals surface area contributed by atoms with Gasteiger partial charge in [-0.05, 0) is 25.7 Å². The molecule has 0 bridgehead atoms. The molecule has 2 aliphatic heterocycles. The van der Waals surface area contributed by atoms with E-state index < -0.39 is 0 Å². The summed E-state index contributed by atoms with van der Waals surface area (Å²) < 4.78 is 5.60. The number of nitrogens with zero attached hydrogens (tertiary/aromatic N) is 2. The lowest BCUT2D eigenvalue weighted by atomic mass is 10.2. The van der Waals surface area contributed by atoms with E-state index in [2.05, 4.69) is 0 Å². The highest BCUT2D eigenvalue weighted by atomic mass is 16.5. The van der Waals surface area contributed by atoms with Gasteiger partial charge in [0.2, 0.25) is 11.8 Å². The number of hydrogen-bond acceptors (Lipinski definition) is 3. The van der Waals surface area contributed by atoms with E-state index in [4.69, 9.17) is 4.74 Å². The van der Waals surface area contributed by atoms with Gasteiger partial charge >= 0.3 is 0 Å². The summed E-state index contributed by atoms with van der Waals surface area (Å²) in [6, 6.07) is 0. The van der Waals surface area contributed by atoms with E-state index in [1.54, 1.807) is 4.90 Å². The van der Waals surface area contributed by atoms with Crippen molar-refractivity contribution in [1.29, 1.82) is 0 Å². The molecule has 0 aromatic rings. The van der Waals surface area contributed by atoms with Crippen molar-refractivity contribution in [3.8, 4) is 0 Å². The Labute approximate surface area is 121 Å². The van der Waals surface area contributed by atoms with Gasteiger partial charge in [0, 0.05) is 32.5 Å². The molecule has 5 heteroatoms. The molecule has 2 saturated heterocycles. The Morgan fingerprint density at radius 1 is 0.800 bits per heavy atom. The maximum atomic E-state index is 11.8. The molecule has 0 spiro atoms. The molecule has 2 fully saturated rings. The quantitative estimate of drug-likeness (QED) is 0.722. The second-order valence-electron chi connectivity index (χ2n) is 5.70. The lowest BCUT2D eigenvalue weighted by Crippen LogP contribution is -2.36. The van der Waals surface area contributed by atoms with E-state index in [0.717, 1.165) is 51.6 Å². The van der Waals surface area contributed by atoms with Crippen LogP contribution in [0.2, 0.25) is 0 Å². The van der Waals surface area contributed by atoms with E-state index in [0.29, 0.717) is 32.7 Å². The van der Waals surface area contributed by atoms with Crippen molar-refractivity contribution < 1.29 is 14.3 Å². The number of rotatable bonds is 5. The molecule has 0 saturated carbocycles. The van der Waals surface area contributed by atoms with Gasteiger partial charge in [-0.15, -0.1) is 0 Å². The number of amides is 2. The maximum Gasteiger partial charge on any atom is 0.224 e. The van der Waals surface area contributed by atoms with Crippen LogP contribution in [0.4, 0.5) is 0 Å². The minimum Gasteiger partial charge on any atom is -0.359 e. The van der Waals surface area contributed by atoms with Crippen molar-refractivity contribution in [3.63, 3.8) is 0 Å². The minimum absolute atomic E-state index is 0.202. The smallest absolute Gasteiger partial charge is 0.224 e. The Bertz CT molecular complexity index is 301. The molecule has 2 heterocycles. The lowest BCUT2D eigenvalue weighted by Gasteiger charge is -2.23. The molecular formula is C15H26N2O3. The van der Waals surface area contributed by atoms with E-state index in [9.17, 15) is 9.59 Å². The second-order valence-corrected chi connectivity index (χ2v) is 5.70. The predicted octanol–water partition coefficient (Wildman–Crippen LogP) is 1.77. The van der Waals surface area contributed by atoms with Gasteiger partial charge in [-0.1, -0.05) is 12.8 Å². The summed E-state index contributed by atoms with van der Waals surface area (Å²) in [5.74, 6) is 0.449. The van der Waals surface area contributed by atoms with E-state index in [1.807, 2.05) is 4.90 Å². The van der Waals surface area contributed by atoms with Gasteiger partial charge in [0.15, 0.2) is 0 Å². The fraction of sp³-hybridized carbons (Fsp3) is 0.867. The first-order valence-electron chi connectivity index (χ1n) is 7.90. The molecule has 0 unspecified atom stereocenters. The summed E-state index contributed by atoms with van der Waals surface area (Å²) in [5.41, 5.74) is 0. The van der Waals surface area contributed by atoms with Crippen molar-refractivity contribution in [2.24, 2.45) is 0 Å². The first kappa shape index (κ1) is 15.3. The lowest BCUT2D eigenvalue weighted by molar-refractivity contribution is -0.138. The van der Waals surface area contributed by atoms with Crippen LogP contribution in [0.25, 0.3) is 0 Å². The molecule has 0 atom stereocenters. The topological polar surface area (TPSA) is 49.9 Å². The molecule has 2 amide bonds. The predicted molar refractivity (Wildman–Crippen MR) is 76.0 cm³/mol. The van der Waals surface area contributed by atoms with E-state index in [1.165, 1.54) is 0 Å². The number of carbonyl (C=O) groups is 2. The van der Waals surface area contributed by atoms with Crippen LogP contribution in [0.15, 0.2) is 0 Å². The molecule has 0 aromatic heterocycles. The first-order chi connectivity index (χ1) is 9.77. The Kier molecular flexibility index (Phi) is 6.30. The molecule has 0 aliphatic carbocycles. The normalized spacial score (nSPS) is 21.8. The molecule has 0 aromatic carbocycles. The Morgan fingerprint density at radius 2 is 1.40 bits per heavy atom. The summed E-state index contributed by atoms with van der Waals surface area (Å²) in [7, 11) is 0. The number of ether oxygens (including phenoxy) is 1. The summed E-state index contributed by atoms with van der Waals surface area (Å²) in [6.07, 6.45) is 7.76. The van der Waals surface area contributed by atoms with Gasteiger partial charge < -0.3 is 14.5 Å². The van der Waals surface area contributed by atoms with Crippen LogP contribution >= 0.6 is 0 Å². The van der Waals surface area contributed by atoms with Crippen LogP contribution in [0.5, 0.6) is 0 Å². The number of likely N-dealkylation sites (tertiary alicyclic amines) is 2. The molecular weight excluding hydrogens is 256 g/mol. The average Bonchev–Trinajstić information content (AvgIpc) is 2.77. The highest BCUT2D eigenvalue weighted by Crippen LogP contribution is 2.12. The summed E-state index contributed by atoms with van der Waals surface area (Å²) in [6.45, 7) is 3.21. The van der Waals surface area contributed by atoms with Gasteiger partial charge in [-0.25, -0.2) is 0 Å². The van der Waals surface area contributed by atoms with Crippen LogP contribution in [0, 0.1) is 0 Å². The van der Waals surface area contributed by atoms with Crippen LogP contribution < -0.4 is 0 Å². The standard InChI is InChI=1S/C15H26N2O3/c18-14-7-3-1-5-9-16(14)11-12-20-13-17-10-6-2-4-8-15(17)19/h1-13H2. The first-order valence-corrected chi connectivity index (χ1v) is 7.90. The molecule has 5 nitrogen and oxygen atoms in total.